The molecule has 0 bridgehead atoms. The fraction of sp³-hybridized carbons (Fsp3) is 0.583. The molecule has 0 aromatic carbocycles. The van der Waals surface area contributed by atoms with Crippen molar-refractivity contribution in [3.63, 3.8) is 0 Å². The van der Waals surface area contributed by atoms with Gasteiger partial charge in [-0.15, -0.1) is 0 Å². The highest BCUT2D eigenvalue weighted by Crippen LogP contribution is 2.30. The Morgan fingerprint density at radius 2 is 2.07 bits per heavy atom. The number of hydrogen-bond acceptors (Lipinski definition) is 2. The normalized spacial score (nSPS) is 30.1. The largest absolute Gasteiger partial charge is 0.369 e. The third-order valence-electron chi connectivity index (χ3n) is 3.32. The number of rotatable bonds is 3. The monoisotopic (exact) mass is 208 g/mol. The summed E-state index contributed by atoms with van der Waals surface area (Å²) in [6.45, 7) is 6.26. The van der Waals surface area contributed by atoms with Crippen LogP contribution in [0.2, 0.25) is 0 Å². The second kappa shape index (κ2) is 4.19. The number of carbonyl (C=O) groups excluding carboxylic acids is 1. The first-order chi connectivity index (χ1) is 6.89. The Hall–Kier alpha value is -1.09. The molecule has 2 unspecified atom stereocenters. The first-order valence-electron chi connectivity index (χ1n) is 5.28. The quantitative estimate of drug-likeness (QED) is 0.760. The molecule has 3 nitrogen and oxygen atoms in total. The van der Waals surface area contributed by atoms with E-state index in [-0.39, 0.29) is 17.4 Å². The average molecular weight is 208 g/mol. The van der Waals surface area contributed by atoms with Gasteiger partial charge in [-0.05, 0) is 27.8 Å². The van der Waals surface area contributed by atoms with Crippen LogP contribution in [0.3, 0.4) is 0 Å². The SMILES string of the molecule is CC(C)N(C)C1(C)C=CC=CC1C(N)=O. The van der Waals surface area contributed by atoms with Crippen LogP contribution in [0.1, 0.15) is 20.8 Å². The van der Waals surface area contributed by atoms with Gasteiger partial charge in [0.05, 0.1) is 11.5 Å². The maximum Gasteiger partial charge on any atom is 0.226 e. The number of carbonyl (C=O) groups is 1. The Balaban J connectivity index is 3.03. The Labute approximate surface area is 91.6 Å². The summed E-state index contributed by atoms with van der Waals surface area (Å²) in [6, 6.07) is 0.369. The minimum atomic E-state index is -0.311. The van der Waals surface area contributed by atoms with E-state index in [9.17, 15) is 4.79 Å². The van der Waals surface area contributed by atoms with Crippen molar-refractivity contribution >= 4 is 5.91 Å². The molecule has 1 amide bonds. The summed E-state index contributed by atoms with van der Waals surface area (Å²) in [5.74, 6) is -0.527. The second-order valence-electron chi connectivity index (χ2n) is 4.55. The lowest BCUT2D eigenvalue weighted by atomic mass is 9.80. The van der Waals surface area contributed by atoms with Gasteiger partial charge in [-0.2, -0.15) is 0 Å². The van der Waals surface area contributed by atoms with Crippen LogP contribution < -0.4 is 5.73 Å². The standard InChI is InChI=1S/C12H20N2O/c1-9(2)14(4)12(3)8-6-5-7-10(12)11(13)15/h5-10H,1-4H3,(H2,13,15). The van der Waals surface area contributed by atoms with Crippen molar-refractivity contribution in [2.75, 3.05) is 7.05 Å². The molecule has 0 saturated heterocycles. The van der Waals surface area contributed by atoms with Gasteiger partial charge in [0.25, 0.3) is 0 Å². The van der Waals surface area contributed by atoms with Crippen LogP contribution in [0.4, 0.5) is 0 Å². The van der Waals surface area contributed by atoms with Crippen molar-refractivity contribution < 1.29 is 4.79 Å². The summed E-state index contributed by atoms with van der Waals surface area (Å²) in [4.78, 5) is 13.6. The van der Waals surface area contributed by atoms with Crippen LogP contribution >= 0.6 is 0 Å². The Morgan fingerprint density at radius 3 is 2.53 bits per heavy atom. The van der Waals surface area contributed by atoms with Crippen LogP contribution in [0, 0.1) is 5.92 Å². The minimum absolute atomic E-state index is 0.255. The van der Waals surface area contributed by atoms with Crippen molar-refractivity contribution in [2.24, 2.45) is 11.7 Å². The van der Waals surface area contributed by atoms with Crippen LogP contribution in [-0.2, 0) is 4.79 Å². The molecule has 0 aromatic rings. The van der Waals surface area contributed by atoms with Crippen LogP contribution in [0.15, 0.2) is 24.3 Å². The number of nitrogens with zero attached hydrogens (tertiary/aromatic N) is 1. The van der Waals surface area contributed by atoms with Gasteiger partial charge in [-0.1, -0.05) is 24.3 Å². The summed E-state index contributed by atoms with van der Waals surface area (Å²) in [6.07, 6.45) is 7.77. The van der Waals surface area contributed by atoms with Crippen LogP contribution in [0.25, 0.3) is 0 Å². The minimum Gasteiger partial charge on any atom is -0.369 e. The van der Waals surface area contributed by atoms with Crippen LogP contribution in [-0.4, -0.2) is 29.4 Å². The van der Waals surface area contributed by atoms with E-state index in [4.69, 9.17) is 5.73 Å². The van der Waals surface area contributed by atoms with Gasteiger partial charge in [0.2, 0.25) is 5.91 Å². The highest BCUT2D eigenvalue weighted by atomic mass is 16.1. The second-order valence-corrected chi connectivity index (χ2v) is 4.55. The van der Waals surface area contributed by atoms with E-state index in [1.165, 1.54) is 0 Å². The van der Waals surface area contributed by atoms with E-state index in [2.05, 4.69) is 18.7 Å². The third-order valence-corrected chi connectivity index (χ3v) is 3.32. The summed E-state index contributed by atoms with van der Waals surface area (Å²) >= 11 is 0. The summed E-state index contributed by atoms with van der Waals surface area (Å²) in [7, 11) is 2.02. The van der Waals surface area contributed by atoms with Crippen molar-refractivity contribution in [3.8, 4) is 0 Å². The fourth-order valence-corrected chi connectivity index (χ4v) is 2.00. The molecule has 0 saturated carbocycles. The molecular formula is C12H20N2O. The maximum atomic E-state index is 11.4. The molecule has 0 spiro atoms. The third kappa shape index (κ3) is 2.12. The van der Waals surface area contributed by atoms with Crippen molar-refractivity contribution in [3.05, 3.63) is 24.3 Å². The van der Waals surface area contributed by atoms with Crippen LogP contribution in [0.5, 0.6) is 0 Å². The number of nitrogens with two attached hydrogens (primary N) is 1. The molecule has 15 heavy (non-hydrogen) atoms. The zero-order valence-corrected chi connectivity index (χ0v) is 9.90. The van der Waals surface area contributed by atoms with Gasteiger partial charge in [-0.3, -0.25) is 9.69 Å². The molecule has 1 rings (SSSR count). The van der Waals surface area contributed by atoms with Gasteiger partial charge < -0.3 is 5.73 Å². The molecule has 2 atom stereocenters. The topological polar surface area (TPSA) is 46.3 Å². The van der Waals surface area contributed by atoms with Crippen molar-refractivity contribution in [2.45, 2.75) is 32.4 Å². The van der Waals surface area contributed by atoms with E-state index >= 15 is 0 Å². The smallest absolute Gasteiger partial charge is 0.226 e. The zero-order valence-electron chi connectivity index (χ0n) is 9.90. The number of allylic oxidation sites excluding steroid dienone is 2. The van der Waals surface area contributed by atoms with Gasteiger partial charge in [0.15, 0.2) is 0 Å². The zero-order chi connectivity index (χ0) is 11.6. The molecule has 84 valence electrons. The number of hydrogen-bond donors (Lipinski definition) is 1. The van der Waals surface area contributed by atoms with Gasteiger partial charge in [-0.25, -0.2) is 0 Å². The molecule has 1 aliphatic carbocycles. The summed E-state index contributed by atoms with van der Waals surface area (Å²) in [5, 5.41) is 0. The van der Waals surface area contributed by atoms with Crippen molar-refractivity contribution in [1.82, 2.24) is 4.90 Å². The van der Waals surface area contributed by atoms with Crippen molar-refractivity contribution in [1.29, 1.82) is 0 Å². The summed E-state index contributed by atoms with van der Waals surface area (Å²) in [5.41, 5.74) is 5.12. The molecule has 0 aliphatic heterocycles. The molecule has 0 radical (unpaired) electrons. The number of primary amides is 1. The van der Waals surface area contributed by atoms with E-state index in [0.29, 0.717) is 6.04 Å². The molecule has 0 fully saturated rings. The number of amides is 1. The van der Waals surface area contributed by atoms with Gasteiger partial charge in [0.1, 0.15) is 0 Å². The lowest BCUT2D eigenvalue weighted by Crippen LogP contribution is -2.55. The first-order valence-corrected chi connectivity index (χ1v) is 5.28. The van der Waals surface area contributed by atoms with E-state index in [0.717, 1.165) is 0 Å². The lowest BCUT2D eigenvalue weighted by molar-refractivity contribution is -0.123. The lowest BCUT2D eigenvalue weighted by Gasteiger charge is -2.43. The average Bonchev–Trinajstić information content (AvgIpc) is 2.16. The van der Waals surface area contributed by atoms with Gasteiger partial charge >= 0.3 is 0 Å². The Bertz CT molecular complexity index is 307. The van der Waals surface area contributed by atoms with Gasteiger partial charge in [0, 0.05) is 6.04 Å². The maximum absolute atomic E-state index is 11.4. The highest BCUT2D eigenvalue weighted by molar-refractivity contribution is 5.81. The van der Waals surface area contributed by atoms with E-state index in [1.54, 1.807) is 0 Å². The van der Waals surface area contributed by atoms with E-state index in [1.807, 2.05) is 38.3 Å². The highest BCUT2D eigenvalue weighted by Gasteiger charge is 2.39. The molecule has 3 heteroatoms. The first kappa shape index (κ1) is 12.0. The molecule has 0 aromatic heterocycles. The van der Waals surface area contributed by atoms with E-state index < -0.39 is 0 Å². The predicted molar refractivity (Wildman–Crippen MR) is 62.3 cm³/mol. The number of likely N-dealkylation sites (N-methyl/N-ethyl adjacent to an activating group) is 1. The molecular weight excluding hydrogens is 188 g/mol. The molecule has 0 heterocycles. The predicted octanol–water partition coefficient (Wildman–Crippen LogP) is 1.31. The molecule has 1 aliphatic rings. The Kier molecular flexibility index (Phi) is 3.35. The Morgan fingerprint density at radius 1 is 1.47 bits per heavy atom. The fourth-order valence-electron chi connectivity index (χ4n) is 2.00. The summed E-state index contributed by atoms with van der Waals surface area (Å²) < 4.78 is 0. The molecule has 2 N–H and O–H groups in total.